The Bertz CT molecular complexity index is 1240. The molecule has 0 aromatic heterocycles. The van der Waals surface area contributed by atoms with Gasteiger partial charge in [0.15, 0.2) is 0 Å². The summed E-state index contributed by atoms with van der Waals surface area (Å²) in [5, 5.41) is 27.4. The first kappa shape index (κ1) is 21.5. The van der Waals surface area contributed by atoms with Gasteiger partial charge in [0.1, 0.15) is 11.5 Å². The van der Waals surface area contributed by atoms with Crippen LogP contribution >= 0.6 is 0 Å². The second kappa shape index (κ2) is 8.98. The molecule has 6 rings (SSSR count). The van der Waals surface area contributed by atoms with Gasteiger partial charge in [0.2, 0.25) is 0 Å². The molecule has 2 nitrogen and oxygen atoms in total. The van der Waals surface area contributed by atoms with Crippen molar-refractivity contribution in [2.24, 2.45) is 0 Å². The van der Waals surface area contributed by atoms with Crippen molar-refractivity contribution in [3.05, 3.63) is 71.8 Å². The highest BCUT2D eigenvalue weighted by molar-refractivity contribution is 6.11. The normalized spacial score (nSPS) is 18.0. The standard InChI is InChI=1S/C32H34O2/c33-29-19-27(21-11-3-1-4-12-21)23-15-7-9-17-25(23)31(29)32-26-18-10-8-16-24(26)28(20-30(32)34)22-13-5-2-6-14-22/h7-10,15-22,33-34H,1-6,11-14H2. The van der Waals surface area contributed by atoms with Gasteiger partial charge in [0.25, 0.3) is 0 Å². The van der Waals surface area contributed by atoms with E-state index in [1.54, 1.807) is 0 Å². The lowest BCUT2D eigenvalue weighted by Crippen LogP contribution is -2.06. The van der Waals surface area contributed by atoms with E-state index in [2.05, 4.69) is 36.4 Å². The van der Waals surface area contributed by atoms with E-state index in [1.165, 1.54) is 86.1 Å². The largest absolute Gasteiger partial charge is 0.507 e. The maximum Gasteiger partial charge on any atom is 0.124 e. The number of aromatic hydroxyl groups is 2. The van der Waals surface area contributed by atoms with E-state index in [0.29, 0.717) is 11.8 Å². The van der Waals surface area contributed by atoms with Gasteiger partial charge < -0.3 is 10.2 Å². The smallest absolute Gasteiger partial charge is 0.124 e. The van der Waals surface area contributed by atoms with Crippen molar-refractivity contribution in [3.8, 4) is 22.6 Å². The van der Waals surface area contributed by atoms with Crippen LogP contribution in [-0.2, 0) is 0 Å². The first-order valence-corrected chi connectivity index (χ1v) is 13.2. The van der Waals surface area contributed by atoms with E-state index < -0.39 is 0 Å². The lowest BCUT2D eigenvalue weighted by molar-refractivity contribution is 0.439. The molecule has 2 fully saturated rings. The second-order valence-electron chi connectivity index (χ2n) is 10.5. The maximum absolute atomic E-state index is 11.5. The number of hydrogen-bond donors (Lipinski definition) is 2. The van der Waals surface area contributed by atoms with Gasteiger partial charge in [-0.2, -0.15) is 0 Å². The van der Waals surface area contributed by atoms with Gasteiger partial charge >= 0.3 is 0 Å². The third-order valence-electron chi connectivity index (χ3n) is 8.45. The van der Waals surface area contributed by atoms with E-state index in [0.717, 1.165) is 21.9 Å². The number of fused-ring (bicyclic) bond motifs is 2. The molecule has 2 N–H and O–H groups in total. The molecular weight excluding hydrogens is 416 g/mol. The van der Waals surface area contributed by atoms with Crippen LogP contribution < -0.4 is 0 Å². The number of rotatable bonds is 3. The van der Waals surface area contributed by atoms with Crippen LogP contribution in [0.25, 0.3) is 32.7 Å². The van der Waals surface area contributed by atoms with Gasteiger partial charge in [-0.15, -0.1) is 0 Å². The van der Waals surface area contributed by atoms with Crippen molar-refractivity contribution in [2.75, 3.05) is 0 Å². The molecule has 0 aliphatic heterocycles. The Balaban J connectivity index is 1.59. The molecule has 0 unspecified atom stereocenters. The monoisotopic (exact) mass is 450 g/mol. The Hall–Kier alpha value is -3.00. The molecule has 2 aliphatic carbocycles. The van der Waals surface area contributed by atoms with E-state index in [-0.39, 0.29) is 11.5 Å². The van der Waals surface area contributed by atoms with E-state index in [9.17, 15) is 10.2 Å². The van der Waals surface area contributed by atoms with Gasteiger partial charge in [-0.25, -0.2) is 0 Å². The Morgan fingerprint density at radius 2 is 0.824 bits per heavy atom. The van der Waals surface area contributed by atoms with Crippen molar-refractivity contribution in [1.29, 1.82) is 0 Å². The van der Waals surface area contributed by atoms with E-state index in [4.69, 9.17) is 0 Å². The minimum absolute atomic E-state index is 0.283. The van der Waals surface area contributed by atoms with Crippen molar-refractivity contribution >= 4 is 21.5 Å². The summed E-state index contributed by atoms with van der Waals surface area (Å²) in [4.78, 5) is 0. The minimum atomic E-state index is 0.283. The van der Waals surface area contributed by atoms with E-state index >= 15 is 0 Å². The highest BCUT2D eigenvalue weighted by atomic mass is 16.3. The third-order valence-corrected chi connectivity index (χ3v) is 8.45. The summed E-state index contributed by atoms with van der Waals surface area (Å²) in [6.45, 7) is 0. The van der Waals surface area contributed by atoms with Gasteiger partial charge in [0.05, 0.1) is 0 Å². The van der Waals surface area contributed by atoms with Crippen LogP contribution in [0.3, 0.4) is 0 Å². The van der Waals surface area contributed by atoms with Crippen molar-refractivity contribution in [3.63, 3.8) is 0 Å². The predicted molar refractivity (Wildman–Crippen MR) is 142 cm³/mol. The highest BCUT2D eigenvalue weighted by Gasteiger charge is 2.25. The fraction of sp³-hybridized carbons (Fsp3) is 0.375. The summed E-state index contributed by atoms with van der Waals surface area (Å²) in [5.41, 5.74) is 4.05. The molecule has 2 saturated carbocycles. The molecule has 0 bridgehead atoms. The van der Waals surface area contributed by atoms with Crippen LogP contribution in [0.15, 0.2) is 60.7 Å². The quantitative estimate of drug-likeness (QED) is 0.327. The summed E-state index contributed by atoms with van der Waals surface area (Å²) in [6.07, 6.45) is 12.4. The molecule has 0 saturated heterocycles. The number of hydrogen-bond acceptors (Lipinski definition) is 2. The molecule has 34 heavy (non-hydrogen) atoms. The Kier molecular flexibility index (Phi) is 5.69. The fourth-order valence-electron chi connectivity index (χ4n) is 6.80. The summed E-state index contributed by atoms with van der Waals surface area (Å²) in [6, 6.07) is 20.9. The molecule has 174 valence electrons. The molecule has 0 radical (unpaired) electrons. The average molecular weight is 451 g/mol. The predicted octanol–water partition coefficient (Wildman–Crippen LogP) is 9.17. The fourth-order valence-corrected chi connectivity index (χ4v) is 6.80. The molecule has 0 atom stereocenters. The number of phenolic OH excluding ortho intramolecular Hbond substituents is 2. The number of phenols is 2. The molecule has 2 heteroatoms. The first-order chi connectivity index (χ1) is 16.7. The first-order valence-electron chi connectivity index (χ1n) is 13.2. The van der Waals surface area contributed by atoms with Crippen molar-refractivity contribution < 1.29 is 10.2 Å². The van der Waals surface area contributed by atoms with Crippen molar-refractivity contribution in [2.45, 2.75) is 76.0 Å². The van der Waals surface area contributed by atoms with Gasteiger partial charge in [-0.1, -0.05) is 87.1 Å². The lowest BCUT2D eigenvalue weighted by Gasteiger charge is -2.26. The van der Waals surface area contributed by atoms with Crippen LogP contribution in [-0.4, -0.2) is 10.2 Å². The number of benzene rings is 4. The molecule has 0 amide bonds. The van der Waals surface area contributed by atoms with Crippen LogP contribution in [0.5, 0.6) is 11.5 Å². The summed E-state index contributed by atoms with van der Waals surface area (Å²) in [7, 11) is 0. The van der Waals surface area contributed by atoms with Gasteiger partial charge in [0, 0.05) is 11.1 Å². The summed E-state index contributed by atoms with van der Waals surface area (Å²) >= 11 is 0. The summed E-state index contributed by atoms with van der Waals surface area (Å²) < 4.78 is 0. The Morgan fingerprint density at radius 3 is 1.21 bits per heavy atom. The zero-order valence-electron chi connectivity index (χ0n) is 19.9. The molecule has 4 aromatic carbocycles. The van der Waals surface area contributed by atoms with Gasteiger partial charge in [-0.05, 0) is 82.3 Å². The third kappa shape index (κ3) is 3.64. The van der Waals surface area contributed by atoms with Crippen LogP contribution in [0.1, 0.15) is 87.2 Å². The topological polar surface area (TPSA) is 40.5 Å². The molecule has 2 aliphatic rings. The van der Waals surface area contributed by atoms with Gasteiger partial charge in [-0.3, -0.25) is 0 Å². The maximum atomic E-state index is 11.5. The molecule has 0 spiro atoms. The summed E-state index contributed by atoms with van der Waals surface area (Å²) in [5.74, 6) is 1.56. The zero-order valence-corrected chi connectivity index (χ0v) is 19.9. The highest BCUT2D eigenvalue weighted by Crippen LogP contribution is 2.50. The van der Waals surface area contributed by atoms with Crippen molar-refractivity contribution in [1.82, 2.24) is 0 Å². The van der Waals surface area contributed by atoms with E-state index in [1.807, 2.05) is 24.3 Å². The molecule has 4 aromatic rings. The minimum Gasteiger partial charge on any atom is -0.507 e. The van der Waals surface area contributed by atoms with Crippen LogP contribution in [0.2, 0.25) is 0 Å². The van der Waals surface area contributed by atoms with Crippen LogP contribution in [0.4, 0.5) is 0 Å². The van der Waals surface area contributed by atoms with Crippen LogP contribution in [0, 0.1) is 0 Å². The Morgan fingerprint density at radius 1 is 0.471 bits per heavy atom. The molecule has 0 heterocycles. The second-order valence-corrected chi connectivity index (χ2v) is 10.5. The average Bonchev–Trinajstić information content (AvgIpc) is 2.90. The Labute approximate surface area is 202 Å². The SMILES string of the molecule is Oc1cc(C2CCCCC2)c2ccccc2c1-c1c(O)cc(C2CCCCC2)c2ccccc12. The zero-order chi connectivity index (χ0) is 23.1. The lowest BCUT2D eigenvalue weighted by atomic mass is 9.79. The molecular formula is C32H34O2.